The van der Waals surface area contributed by atoms with Crippen LogP contribution in [-0.4, -0.2) is 40.5 Å². The molecular weight excluding hydrogens is 316 g/mol. The number of rotatable bonds is 3. The third-order valence-corrected chi connectivity index (χ3v) is 3.50. The average molecular weight is 336 g/mol. The number of nitrogens with one attached hydrogen (secondary N) is 1. The van der Waals surface area contributed by atoms with Crippen molar-refractivity contribution >= 4 is 35.2 Å². The lowest BCUT2D eigenvalue weighted by Gasteiger charge is -2.27. The van der Waals surface area contributed by atoms with Gasteiger partial charge in [-0.15, -0.1) is 0 Å². The van der Waals surface area contributed by atoms with Gasteiger partial charge in [0.1, 0.15) is 11.6 Å². The summed E-state index contributed by atoms with van der Waals surface area (Å²) in [6, 6.07) is 4.27. The number of benzene rings is 1. The quantitative estimate of drug-likeness (QED) is 0.687. The van der Waals surface area contributed by atoms with Gasteiger partial charge in [0, 0.05) is 12.6 Å². The maximum absolute atomic E-state index is 12.5. The van der Waals surface area contributed by atoms with Gasteiger partial charge in [-0.1, -0.05) is 0 Å². The monoisotopic (exact) mass is 336 g/mol. The van der Waals surface area contributed by atoms with Crippen LogP contribution >= 0.6 is 12.2 Å². The molecule has 124 valence electrons. The molecule has 0 aliphatic rings. The van der Waals surface area contributed by atoms with E-state index in [1.54, 1.807) is 52.9 Å². The standard InChI is InChI=1S/C16H20N2O4S/c1-9(14(20)22-16(2,3)4)18(5)13(19)10-6-7-11-12(8-10)21-15(23)17-11/h6-9H,1-5H3,(H,17,23). The second-order valence-electron chi connectivity index (χ2n) is 6.35. The first-order valence-electron chi connectivity index (χ1n) is 7.21. The van der Waals surface area contributed by atoms with Crippen LogP contribution in [0.3, 0.4) is 0 Å². The highest BCUT2D eigenvalue weighted by molar-refractivity contribution is 7.71. The van der Waals surface area contributed by atoms with E-state index in [0.29, 0.717) is 11.1 Å². The molecule has 7 heteroatoms. The second kappa shape index (κ2) is 6.16. The summed E-state index contributed by atoms with van der Waals surface area (Å²) in [5.74, 6) is -0.749. The SMILES string of the molecule is CC(C(=O)OC(C)(C)C)N(C)C(=O)c1ccc2[nH]c(=S)oc2c1. The van der Waals surface area contributed by atoms with Crippen molar-refractivity contribution in [3.05, 3.63) is 28.6 Å². The number of carbonyl (C=O) groups excluding carboxylic acids is 2. The summed E-state index contributed by atoms with van der Waals surface area (Å²) in [5, 5.41) is 0. The van der Waals surface area contributed by atoms with E-state index in [2.05, 4.69) is 4.98 Å². The fourth-order valence-corrected chi connectivity index (χ4v) is 2.20. The second-order valence-corrected chi connectivity index (χ2v) is 6.72. The Morgan fingerprint density at radius 2 is 2.00 bits per heavy atom. The molecule has 1 atom stereocenters. The van der Waals surface area contributed by atoms with Gasteiger partial charge in [0.15, 0.2) is 5.58 Å². The van der Waals surface area contributed by atoms with E-state index in [4.69, 9.17) is 21.4 Å². The van der Waals surface area contributed by atoms with E-state index in [9.17, 15) is 9.59 Å². The van der Waals surface area contributed by atoms with Crippen molar-refractivity contribution in [3.63, 3.8) is 0 Å². The fraction of sp³-hybridized carbons (Fsp3) is 0.438. The Morgan fingerprint density at radius 3 is 2.61 bits per heavy atom. The van der Waals surface area contributed by atoms with Crippen LogP contribution < -0.4 is 0 Å². The van der Waals surface area contributed by atoms with E-state index in [-0.39, 0.29) is 10.7 Å². The molecule has 0 spiro atoms. The van der Waals surface area contributed by atoms with E-state index in [1.165, 1.54) is 4.90 Å². The zero-order chi connectivity index (χ0) is 17.4. The normalized spacial score (nSPS) is 12.9. The highest BCUT2D eigenvalue weighted by Gasteiger charge is 2.28. The molecule has 6 nitrogen and oxygen atoms in total. The lowest BCUT2D eigenvalue weighted by atomic mass is 10.1. The van der Waals surface area contributed by atoms with Gasteiger partial charge in [-0.3, -0.25) is 4.79 Å². The molecule has 0 radical (unpaired) electrons. The molecule has 0 aliphatic heterocycles. The summed E-state index contributed by atoms with van der Waals surface area (Å²) in [6.07, 6.45) is 0. The number of aromatic nitrogens is 1. The predicted molar refractivity (Wildman–Crippen MR) is 88.8 cm³/mol. The van der Waals surface area contributed by atoms with Gasteiger partial charge in [0.2, 0.25) is 0 Å². The van der Waals surface area contributed by atoms with Crippen molar-refractivity contribution in [1.82, 2.24) is 9.88 Å². The summed E-state index contributed by atoms with van der Waals surface area (Å²) in [5.41, 5.74) is 1.03. The Morgan fingerprint density at radius 1 is 1.35 bits per heavy atom. The minimum atomic E-state index is -0.699. The summed E-state index contributed by atoms with van der Waals surface area (Å²) in [4.78, 5) is 29.1. The van der Waals surface area contributed by atoms with Crippen LogP contribution in [0, 0.1) is 4.84 Å². The van der Waals surface area contributed by atoms with Crippen LogP contribution in [0.5, 0.6) is 0 Å². The third kappa shape index (κ3) is 3.98. The molecule has 1 unspecified atom stereocenters. The van der Waals surface area contributed by atoms with Gasteiger partial charge in [0.05, 0.1) is 5.52 Å². The maximum atomic E-state index is 12.5. The Balaban J connectivity index is 2.20. The van der Waals surface area contributed by atoms with Crippen molar-refractivity contribution in [2.24, 2.45) is 0 Å². The molecule has 1 heterocycles. The van der Waals surface area contributed by atoms with Crippen molar-refractivity contribution < 1.29 is 18.7 Å². The summed E-state index contributed by atoms with van der Waals surface area (Å²) >= 11 is 4.92. The third-order valence-electron chi connectivity index (χ3n) is 3.32. The predicted octanol–water partition coefficient (Wildman–Crippen LogP) is 3.29. The number of aromatic amines is 1. The number of nitrogens with zero attached hydrogens (tertiary/aromatic N) is 1. The Hall–Kier alpha value is -2.15. The number of carbonyl (C=O) groups is 2. The van der Waals surface area contributed by atoms with Crippen LogP contribution in [0.4, 0.5) is 0 Å². The molecule has 0 fully saturated rings. The lowest BCUT2D eigenvalue weighted by molar-refractivity contribution is -0.159. The van der Waals surface area contributed by atoms with E-state index in [1.807, 2.05) is 0 Å². The first-order valence-corrected chi connectivity index (χ1v) is 7.62. The smallest absolute Gasteiger partial charge is 0.329 e. The zero-order valence-corrected chi connectivity index (χ0v) is 14.6. The molecule has 2 aromatic rings. The first kappa shape index (κ1) is 17.2. The fourth-order valence-electron chi connectivity index (χ4n) is 2.00. The number of esters is 1. The van der Waals surface area contributed by atoms with Crippen LogP contribution in [-0.2, 0) is 9.53 Å². The number of likely N-dealkylation sites (N-methyl/N-ethyl adjacent to an activating group) is 1. The topological polar surface area (TPSA) is 75.5 Å². The molecule has 0 aliphatic carbocycles. The summed E-state index contributed by atoms with van der Waals surface area (Å²) in [6.45, 7) is 6.99. The highest BCUT2D eigenvalue weighted by Crippen LogP contribution is 2.18. The van der Waals surface area contributed by atoms with Crippen molar-refractivity contribution in [2.75, 3.05) is 7.05 Å². The maximum Gasteiger partial charge on any atom is 0.329 e. The van der Waals surface area contributed by atoms with Gasteiger partial charge in [-0.25, -0.2) is 4.79 Å². The first-order chi connectivity index (χ1) is 10.6. The molecule has 1 N–H and O–H groups in total. The number of H-pyrrole nitrogens is 1. The number of hydrogen-bond donors (Lipinski definition) is 1. The van der Waals surface area contributed by atoms with Crippen LogP contribution in [0.15, 0.2) is 22.6 Å². The molecule has 0 saturated carbocycles. The molecule has 23 heavy (non-hydrogen) atoms. The van der Waals surface area contributed by atoms with E-state index in [0.717, 1.165) is 5.52 Å². The number of oxazole rings is 1. The highest BCUT2D eigenvalue weighted by atomic mass is 32.1. The van der Waals surface area contributed by atoms with Crippen LogP contribution in [0.2, 0.25) is 0 Å². The zero-order valence-electron chi connectivity index (χ0n) is 13.8. The van der Waals surface area contributed by atoms with Gasteiger partial charge in [-0.2, -0.15) is 0 Å². The number of ether oxygens (including phenoxy) is 1. The summed E-state index contributed by atoms with van der Waals surface area (Å²) < 4.78 is 10.6. The van der Waals surface area contributed by atoms with Gasteiger partial charge < -0.3 is 19.0 Å². The molecule has 1 aromatic heterocycles. The minimum Gasteiger partial charge on any atom is -0.458 e. The van der Waals surface area contributed by atoms with Crippen molar-refractivity contribution in [2.45, 2.75) is 39.3 Å². The molecule has 1 amide bonds. The van der Waals surface area contributed by atoms with Gasteiger partial charge in [-0.05, 0) is 58.1 Å². The molecule has 2 rings (SSSR count). The molecule has 0 bridgehead atoms. The molecule has 1 aromatic carbocycles. The van der Waals surface area contributed by atoms with E-state index < -0.39 is 17.6 Å². The average Bonchev–Trinajstić information content (AvgIpc) is 2.82. The van der Waals surface area contributed by atoms with E-state index >= 15 is 0 Å². The molecular formula is C16H20N2O4S. The number of hydrogen-bond acceptors (Lipinski definition) is 5. The molecule has 0 saturated heterocycles. The lowest BCUT2D eigenvalue weighted by Crippen LogP contribution is -2.43. The van der Waals surface area contributed by atoms with Crippen molar-refractivity contribution in [3.8, 4) is 0 Å². The number of fused-ring (bicyclic) bond motifs is 1. The van der Waals surface area contributed by atoms with Crippen LogP contribution in [0.1, 0.15) is 38.1 Å². The summed E-state index contributed by atoms with van der Waals surface area (Å²) in [7, 11) is 1.56. The number of amides is 1. The minimum absolute atomic E-state index is 0.250. The van der Waals surface area contributed by atoms with Gasteiger partial charge in [0.25, 0.3) is 10.7 Å². The Kier molecular flexibility index (Phi) is 4.61. The largest absolute Gasteiger partial charge is 0.458 e. The van der Waals surface area contributed by atoms with Crippen molar-refractivity contribution in [1.29, 1.82) is 0 Å². The Bertz CT molecular complexity index is 800. The van der Waals surface area contributed by atoms with Crippen LogP contribution in [0.25, 0.3) is 11.1 Å². The van der Waals surface area contributed by atoms with Gasteiger partial charge >= 0.3 is 5.97 Å². The Labute approximate surface area is 139 Å².